The molecule has 2 unspecified atom stereocenters. The normalized spacial score (nSPS) is 18.4. The molecular formula is C32H37N3O3. The zero-order chi connectivity index (χ0) is 27.4. The predicted molar refractivity (Wildman–Crippen MR) is 152 cm³/mol. The minimum Gasteiger partial charge on any atom is -0.458 e. The van der Waals surface area contributed by atoms with Crippen molar-refractivity contribution in [2.24, 2.45) is 4.99 Å². The summed E-state index contributed by atoms with van der Waals surface area (Å²) in [6.07, 6.45) is 7.09. The van der Waals surface area contributed by atoms with Gasteiger partial charge in [-0.15, -0.1) is 0 Å². The zero-order valence-corrected chi connectivity index (χ0v) is 23.2. The highest BCUT2D eigenvalue weighted by atomic mass is 16.6. The molecule has 2 aromatic carbocycles. The van der Waals surface area contributed by atoms with Gasteiger partial charge >= 0.3 is 5.97 Å². The van der Waals surface area contributed by atoms with E-state index in [4.69, 9.17) is 24.4 Å². The summed E-state index contributed by atoms with van der Waals surface area (Å²) in [5, 5.41) is 0. The van der Waals surface area contributed by atoms with Crippen molar-refractivity contribution in [1.82, 2.24) is 9.97 Å². The van der Waals surface area contributed by atoms with Gasteiger partial charge in [-0.25, -0.2) is 14.8 Å². The van der Waals surface area contributed by atoms with Crippen LogP contribution in [0.4, 0.5) is 0 Å². The number of ether oxygens (including phenoxy) is 2. The van der Waals surface area contributed by atoms with E-state index in [0.29, 0.717) is 12.1 Å². The second-order valence-electron chi connectivity index (χ2n) is 10.8. The van der Waals surface area contributed by atoms with E-state index < -0.39 is 22.7 Å². The second kappa shape index (κ2) is 11.0. The quantitative estimate of drug-likeness (QED) is 0.293. The first-order chi connectivity index (χ1) is 18.1. The molecule has 3 aromatic rings. The third-order valence-electron chi connectivity index (χ3n) is 6.67. The summed E-state index contributed by atoms with van der Waals surface area (Å²) in [6.45, 7) is 11.4. The Kier molecular flexibility index (Phi) is 7.93. The van der Waals surface area contributed by atoms with E-state index in [-0.39, 0.29) is 6.61 Å². The van der Waals surface area contributed by atoms with E-state index in [0.717, 1.165) is 34.6 Å². The Bertz CT molecular complexity index is 1320. The molecule has 0 radical (unpaired) electrons. The Balaban J connectivity index is 1.93. The van der Waals surface area contributed by atoms with Gasteiger partial charge in [0.15, 0.2) is 0 Å². The van der Waals surface area contributed by atoms with Gasteiger partial charge in [0.05, 0.1) is 22.8 Å². The van der Waals surface area contributed by atoms with Crippen molar-refractivity contribution >= 4 is 12.2 Å². The molecule has 198 valence electrons. The van der Waals surface area contributed by atoms with E-state index in [9.17, 15) is 4.79 Å². The number of aryl methyl sites for hydroxylation is 1. The summed E-state index contributed by atoms with van der Waals surface area (Å²) >= 11 is 0. The Morgan fingerprint density at radius 3 is 2.00 bits per heavy atom. The molecule has 0 saturated heterocycles. The number of carbonyl (C=O) groups excluding carboxylic acids is 1. The molecular weight excluding hydrogens is 474 g/mol. The molecule has 0 amide bonds. The van der Waals surface area contributed by atoms with Crippen LogP contribution in [0.15, 0.2) is 77.8 Å². The standard InChI is InChI=1S/C32H37N3O3/c1-7-19-32(31(6)20-14-21-33-31,37-22-26(36)38-30(3,4)5)29-23(2)34-27(24-15-10-8-11-16-24)28(35-29)25-17-12-9-13-18-25/h8-18,20-21H,7,19,22H2,1-6H3. The van der Waals surface area contributed by atoms with E-state index in [1.54, 1.807) is 6.21 Å². The topological polar surface area (TPSA) is 73.7 Å². The van der Waals surface area contributed by atoms with Crippen molar-refractivity contribution < 1.29 is 14.3 Å². The molecule has 0 saturated carbocycles. The van der Waals surface area contributed by atoms with Crippen LogP contribution < -0.4 is 0 Å². The second-order valence-corrected chi connectivity index (χ2v) is 10.8. The van der Waals surface area contributed by atoms with Crippen LogP contribution in [0.25, 0.3) is 22.5 Å². The number of carbonyl (C=O) groups is 1. The summed E-state index contributed by atoms with van der Waals surface area (Å²) in [4.78, 5) is 28.1. The van der Waals surface area contributed by atoms with E-state index >= 15 is 0 Å². The molecule has 1 aromatic heterocycles. The zero-order valence-electron chi connectivity index (χ0n) is 23.2. The summed E-state index contributed by atoms with van der Waals surface area (Å²) < 4.78 is 12.2. The van der Waals surface area contributed by atoms with Gasteiger partial charge in [0.2, 0.25) is 0 Å². The van der Waals surface area contributed by atoms with Crippen LogP contribution in [-0.4, -0.2) is 39.9 Å². The number of aliphatic imine (C=N–C) groups is 1. The third-order valence-corrected chi connectivity index (χ3v) is 6.67. The molecule has 6 nitrogen and oxygen atoms in total. The fourth-order valence-electron chi connectivity index (χ4n) is 5.01. The van der Waals surface area contributed by atoms with Gasteiger partial charge in [0.1, 0.15) is 23.3 Å². The molecule has 0 spiro atoms. The molecule has 0 bridgehead atoms. The molecule has 0 aliphatic carbocycles. The Labute approximate surface area is 225 Å². The highest BCUT2D eigenvalue weighted by Gasteiger charge is 2.52. The Hall–Kier alpha value is -3.64. The largest absolute Gasteiger partial charge is 0.458 e. The van der Waals surface area contributed by atoms with Gasteiger partial charge in [-0.1, -0.05) is 80.1 Å². The van der Waals surface area contributed by atoms with Crippen molar-refractivity contribution in [2.75, 3.05) is 6.61 Å². The first kappa shape index (κ1) is 27.4. The van der Waals surface area contributed by atoms with Crippen LogP contribution in [0.2, 0.25) is 0 Å². The molecule has 1 aliphatic rings. The maximum absolute atomic E-state index is 12.8. The minimum absolute atomic E-state index is 0.224. The monoisotopic (exact) mass is 511 g/mol. The number of esters is 1. The first-order valence-electron chi connectivity index (χ1n) is 13.2. The van der Waals surface area contributed by atoms with Gasteiger partial charge in [-0.3, -0.25) is 4.99 Å². The summed E-state index contributed by atoms with van der Waals surface area (Å²) in [5.74, 6) is -0.428. The molecule has 2 atom stereocenters. The summed E-state index contributed by atoms with van der Waals surface area (Å²) in [7, 11) is 0. The fourth-order valence-corrected chi connectivity index (χ4v) is 5.01. The van der Waals surface area contributed by atoms with Crippen molar-refractivity contribution in [1.29, 1.82) is 0 Å². The molecule has 4 rings (SSSR count). The average molecular weight is 512 g/mol. The van der Waals surface area contributed by atoms with Crippen molar-refractivity contribution in [3.8, 4) is 22.5 Å². The Morgan fingerprint density at radius 1 is 0.921 bits per heavy atom. The average Bonchev–Trinajstić information content (AvgIpc) is 3.34. The number of allylic oxidation sites excluding steroid dienone is 1. The van der Waals surface area contributed by atoms with Crippen LogP contribution >= 0.6 is 0 Å². The van der Waals surface area contributed by atoms with Crippen LogP contribution in [0.3, 0.4) is 0 Å². The van der Waals surface area contributed by atoms with Crippen LogP contribution in [0.5, 0.6) is 0 Å². The van der Waals surface area contributed by atoms with Gasteiger partial charge in [0, 0.05) is 17.3 Å². The number of rotatable bonds is 9. The van der Waals surface area contributed by atoms with Crippen molar-refractivity contribution in [3.05, 3.63) is 84.2 Å². The molecule has 0 fully saturated rings. The predicted octanol–water partition coefficient (Wildman–Crippen LogP) is 6.87. The first-order valence-corrected chi connectivity index (χ1v) is 13.2. The van der Waals surface area contributed by atoms with Gasteiger partial charge < -0.3 is 9.47 Å². The fraction of sp³-hybridized carbons (Fsp3) is 0.375. The third kappa shape index (κ3) is 5.60. The van der Waals surface area contributed by atoms with Crippen molar-refractivity contribution in [3.63, 3.8) is 0 Å². The summed E-state index contributed by atoms with van der Waals surface area (Å²) in [5.41, 5.74) is 2.45. The molecule has 2 heterocycles. The number of aromatic nitrogens is 2. The minimum atomic E-state index is -1.04. The van der Waals surface area contributed by atoms with Gasteiger partial charge in [0.25, 0.3) is 0 Å². The van der Waals surface area contributed by atoms with Crippen LogP contribution in [0, 0.1) is 6.92 Å². The number of hydrogen-bond acceptors (Lipinski definition) is 6. The molecule has 0 N–H and O–H groups in total. The maximum atomic E-state index is 12.8. The number of hydrogen-bond donors (Lipinski definition) is 0. The van der Waals surface area contributed by atoms with E-state index in [2.05, 4.69) is 6.92 Å². The van der Waals surface area contributed by atoms with Crippen molar-refractivity contribution in [2.45, 2.75) is 71.1 Å². The smallest absolute Gasteiger partial charge is 0.332 e. The SMILES string of the molecule is CCCC(OCC(=O)OC(C)(C)C)(c1nc(-c2ccccc2)c(-c2ccccc2)nc1C)C1(C)C=CC=N1. The highest BCUT2D eigenvalue weighted by molar-refractivity contribution is 5.79. The van der Waals surface area contributed by atoms with Gasteiger partial charge in [-0.05, 0) is 47.1 Å². The number of benzene rings is 2. The molecule has 6 heteroatoms. The van der Waals surface area contributed by atoms with E-state index in [1.165, 1.54) is 0 Å². The lowest BCUT2D eigenvalue weighted by Gasteiger charge is -2.43. The lowest BCUT2D eigenvalue weighted by atomic mass is 9.75. The van der Waals surface area contributed by atoms with Crippen LogP contribution in [0.1, 0.15) is 58.8 Å². The lowest BCUT2D eigenvalue weighted by molar-refractivity contribution is -0.172. The number of nitrogens with zero attached hydrogens (tertiary/aromatic N) is 3. The molecule has 1 aliphatic heterocycles. The van der Waals surface area contributed by atoms with E-state index in [1.807, 2.05) is 107 Å². The maximum Gasteiger partial charge on any atom is 0.332 e. The highest BCUT2D eigenvalue weighted by Crippen LogP contribution is 2.47. The van der Waals surface area contributed by atoms with Gasteiger partial charge in [-0.2, -0.15) is 0 Å². The van der Waals surface area contributed by atoms with Crippen LogP contribution in [-0.2, 0) is 19.9 Å². The molecule has 38 heavy (non-hydrogen) atoms. The summed E-state index contributed by atoms with van der Waals surface area (Å²) in [6, 6.07) is 20.1. The lowest BCUT2D eigenvalue weighted by Crippen LogP contribution is -2.51. The Morgan fingerprint density at radius 2 is 1.50 bits per heavy atom.